The van der Waals surface area contributed by atoms with Gasteiger partial charge < -0.3 is 10.5 Å². The van der Waals surface area contributed by atoms with Gasteiger partial charge in [-0.2, -0.15) is 0 Å². The van der Waals surface area contributed by atoms with E-state index >= 15 is 0 Å². The Hall–Kier alpha value is -2.29. The van der Waals surface area contributed by atoms with Crippen molar-refractivity contribution in [2.45, 2.75) is 32.3 Å². The summed E-state index contributed by atoms with van der Waals surface area (Å²) in [5, 5.41) is 0. The third-order valence-corrected chi connectivity index (χ3v) is 4.05. The van der Waals surface area contributed by atoms with E-state index in [1.807, 2.05) is 0 Å². The first kappa shape index (κ1) is 13.7. The summed E-state index contributed by atoms with van der Waals surface area (Å²) >= 11 is 0. The van der Waals surface area contributed by atoms with Crippen LogP contribution in [0.25, 0.3) is 11.1 Å². The molecule has 1 atom stereocenters. The summed E-state index contributed by atoms with van der Waals surface area (Å²) in [7, 11) is 0. The molecule has 0 aromatic heterocycles. The van der Waals surface area contributed by atoms with Crippen molar-refractivity contribution in [2.24, 2.45) is 5.73 Å². The zero-order chi connectivity index (χ0) is 14.8. The molecule has 1 unspecified atom stereocenters. The molecule has 2 aromatic rings. The van der Waals surface area contributed by atoms with E-state index in [4.69, 9.17) is 10.5 Å². The van der Waals surface area contributed by atoms with E-state index in [0.717, 1.165) is 30.4 Å². The van der Waals surface area contributed by atoms with Crippen LogP contribution in [0.2, 0.25) is 0 Å². The van der Waals surface area contributed by atoms with Crippen molar-refractivity contribution in [2.75, 3.05) is 0 Å². The molecule has 1 aliphatic rings. The minimum atomic E-state index is -0.700. The second kappa shape index (κ2) is 5.60. The molecule has 21 heavy (non-hydrogen) atoms. The molecule has 0 bridgehead atoms. The van der Waals surface area contributed by atoms with Gasteiger partial charge in [-0.15, -0.1) is 0 Å². The molecule has 0 heterocycles. The first-order valence-electron chi connectivity index (χ1n) is 7.29. The Morgan fingerprint density at radius 2 is 1.86 bits per heavy atom. The Balaban J connectivity index is 1.98. The highest BCUT2D eigenvalue weighted by Crippen LogP contribution is 2.35. The zero-order valence-corrected chi connectivity index (χ0v) is 12.1. The lowest BCUT2D eigenvalue weighted by atomic mass is 9.87. The Kier molecular flexibility index (Phi) is 3.65. The van der Waals surface area contributed by atoms with Crippen molar-refractivity contribution in [3.8, 4) is 11.1 Å². The van der Waals surface area contributed by atoms with E-state index in [1.165, 1.54) is 16.7 Å². The number of benzene rings is 2. The zero-order valence-electron chi connectivity index (χ0n) is 12.1. The monoisotopic (exact) mass is 281 g/mol. The van der Waals surface area contributed by atoms with E-state index in [2.05, 4.69) is 49.4 Å². The highest BCUT2D eigenvalue weighted by atomic mass is 16.6. The fourth-order valence-electron chi connectivity index (χ4n) is 2.94. The third-order valence-electron chi connectivity index (χ3n) is 4.05. The Bertz CT molecular complexity index is 661. The van der Waals surface area contributed by atoms with Gasteiger partial charge in [0.1, 0.15) is 6.10 Å². The van der Waals surface area contributed by atoms with Gasteiger partial charge in [0.25, 0.3) is 0 Å². The molecule has 0 radical (unpaired) electrons. The molecule has 3 heteroatoms. The van der Waals surface area contributed by atoms with Crippen LogP contribution < -0.4 is 5.73 Å². The van der Waals surface area contributed by atoms with Gasteiger partial charge in [-0.05, 0) is 54.5 Å². The number of primary amides is 1. The lowest BCUT2D eigenvalue weighted by Crippen LogP contribution is -2.20. The predicted octanol–water partition coefficient (Wildman–Crippen LogP) is 4.13. The number of hydrogen-bond donors (Lipinski definition) is 1. The molecule has 2 N–H and O–H groups in total. The van der Waals surface area contributed by atoms with Gasteiger partial charge in [-0.3, -0.25) is 0 Å². The summed E-state index contributed by atoms with van der Waals surface area (Å²) in [4.78, 5) is 11.1. The maximum atomic E-state index is 11.1. The molecular weight excluding hydrogens is 262 g/mol. The van der Waals surface area contributed by atoms with Crippen LogP contribution in [0.15, 0.2) is 42.5 Å². The molecule has 0 saturated carbocycles. The molecule has 3 nitrogen and oxygen atoms in total. The average molecular weight is 281 g/mol. The standard InChI is InChI=1S/C18H19NO2/c1-12-5-7-13(8-6-12)15-10-9-14-3-2-4-17(16(14)11-15)21-18(19)20/h5-11,17H,2-4H2,1H3,(H2,19,20). The van der Waals surface area contributed by atoms with Crippen molar-refractivity contribution < 1.29 is 9.53 Å². The summed E-state index contributed by atoms with van der Waals surface area (Å²) in [6, 6.07) is 14.8. The number of hydrogen-bond acceptors (Lipinski definition) is 2. The van der Waals surface area contributed by atoms with Gasteiger partial charge in [-0.1, -0.05) is 42.0 Å². The van der Waals surface area contributed by atoms with Gasteiger partial charge >= 0.3 is 6.09 Å². The van der Waals surface area contributed by atoms with E-state index in [9.17, 15) is 4.79 Å². The number of amides is 1. The van der Waals surface area contributed by atoms with E-state index in [-0.39, 0.29) is 6.10 Å². The van der Waals surface area contributed by atoms with Gasteiger partial charge in [-0.25, -0.2) is 4.79 Å². The fraction of sp³-hybridized carbons (Fsp3) is 0.278. The second-order valence-electron chi connectivity index (χ2n) is 5.60. The number of fused-ring (bicyclic) bond motifs is 1. The van der Waals surface area contributed by atoms with E-state index < -0.39 is 6.09 Å². The number of ether oxygens (including phenoxy) is 1. The molecule has 2 aromatic carbocycles. The van der Waals surface area contributed by atoms with E-state index in [0.29, 0.717) is 0 Å². The molecule has 0 aliphatic heterocycles. The number of aryl methyl sites for hydroxylation is 2. The normalized spacial score (nSPS) is 17.1. The lowest BCUT2D eigenvalue weighted by Gasteiger charge is -2.25. The lowest BCUT2D eigenvalue weighted by molar-refractivity contribution is 0.0959. The van der Waals surface area contributed by atoms with Crippen molar-refractivity contribution in [3.05, 3.63) is 59.2 Å². The number of rotatable bonds is 2. The van der Waals surface area contributed by atoms with Crippen LogP contribution in [-0.2, 0) is 11.2 Å². The largest absolute Gasteiger partial charge is 0.442 e. The van der Waals surface area contributed by atoms with Gasteiger partial charge in [0.2, 0.25) is 0 Å². The van der Waals surface area contributed by atoms with Crippen LogP contribution in [-0.4, -0.2) is 6.09 Å². The molecule has 0 saturated heterocycles. The molecule has 108 valence electrons. The maximum absolute atomic E-state index is 11.1. The minimum absolute atomic E-state index is 0.211. The Labute approximate surface area is 124 Å². The van der Waals surface area contributed by atoms with Crippen LogP contribution >= 0.6 is 0 Å². The number of carbonyl (C=O) groups is 1. The summed E-state index contributed by atoms with van der Waals surface area (Å²) in [5.74, 6) is 0. The highest BCUT2D eigenvalue weighted by molar-refractivity contribution is 5.67. The molecule has 1 aliphatic carbocycles. The Morgan fingerprint density at radius 1 is 1.14 bits per heavy atom. The van der Waals surface area contributed by atoms with Crippen molar-refractivity contribution in [1.82, 2.24) is 0 Å². The molecule has 0 spiro atoms. The van der Waals surface area contributed by atoms with Gasteiger partial charge in [0, 0.05) is 0 Å². The minimum Gasteiger partial charge on any atom is -0.442 e. The van der Waals surface area contributed by atoms with Crippen LogP contribution in [0, 0.1) is 6.92 Å². The fourth-order valence-corrected chi connectivity index (χ4v) is 2.94. The van der Waals surface area contributed by atoms with Gasteiger partial charge in [0.05, 0.1) is 0 Å². The topological polar surface area (TPSA) is 52.3 Å². The summed E-state index contributed by atoms with van der Waals surface area (Å²) in [6.45, 7) is 2.08. The molecule has 0 fully saturated rings. The van der Waals surface area contributed by atoms with Gasteiger partial charge in [0.15, 0.2) is 0 Å². The predicted molar refractivity (Wildman–Crippen MR) is 83.0 cm³/mol. The molecular formula is C18H19NO2. The average Bonchev–Trinajstić information content (AvgIpc) is 2.47. The molecule has 3 rings (SSSR count). The van der Waals surface area contributed by atoms with E-state index in [1.54, 1.807) is 0 Å². The third kappa shape index (κ3) is 2.92. The smallest absolute Gasteiger partial charge is 0.405 e. The first-order valence-corrected chi connectivity index (χ1v) is 7.29. The Morgan fingerprint density at radius 3 is 2.57 bits per heavy atom. The van der Waals surface area contributed by atoms with Crippen molar-refractivity contribution >= 4 is 6.09 Å². The molecule has 1 amide bonds. The first-order chi connectivity index (χ1) is 10.1. The van der Waals surface area contributed by atoms with Crippen LogP contribution in [0.3, 0.4) is 0 Å². The number of carbonyl (C=O) groups excluding carboxylic acids is 1. The van der Waals surface area contributed by atoms with Crippen LogP contribution in [0.4, 0.5) is 4.79 Å². The summed E-state index contributed by atoms with van der Waals surface area (Å²) < 4.78 is 5.27. The quantitative estimate of drug-likeness (QED) is 0.899. The highest BCUT2D eigenvalue weighted by Gasteiger charge is 2.23. The van der Waals surface area contributed by atoms with Crippen LogP contribution in [0.5, 0.6) is 0 Å². The SMILES string of the molecule is Cc1ccc(-c2ccc3c(c2)C(OC(N)=O)CCC3)cc1. The summed E-state index contributed by atoms with van der Waals surface area (Å²) in [5.41, 5.74) is 11.1. The van der Waals surface area contributed by atoms with Crippen LogP contribution in [0.1, 0.15) is 35.6 Å². The number of nitrogens with two attached hydrogens (primary N) is 1. The van der Waals surface area contributed by atoms with Crippen molar-refractivity contribution in [1.29, 1.82) is 0 Å². The summed E-state index contributed by atoms with van der Waals surface area (Å²) in [6.07, 6.45) is 1.98. The van der Waals surface area contributed by atoms with Crippen molar-refractivity contribution in [3.63, 3.8) is 0 Å². The maximum Gasteiger partial charge on any atom is 0.405 e. The second-order valence-corrected chi connectivity index (χ2v) is 5.60.